The number of carbonyl (C=O) groups excluding carboxylic acids is 1. The number of benzene rings is 1. The quantitative estimate of drug-likeness (QED) is 0.701. The fraction of sp³-hybridized carbons (Fsp3) is 0.300. The van der Waals surface area contributed by atoms with Gasteiger partial charge in [0.2, 0.25) is 15.9 Å². The molecule has 112 valence electrons. The van der Waals surface area contributed by atoms with Crippen molar-refractivity contribution >= 4 is 15.9 Å². The van der Waals surface area contributed by atoms with Crippen molar-refractivity contribution in [2.75, 3.05) is 6.54 Å². The monoisotopic (exact) mass is 312 g/mol. The highest BCUT2D eigenvalue weighted by Crippen LogP contribution is 2.30. The van der Waals surface area contributed by atoms with Crippen LogP contribution in [0.25, 0.3) is 0 Å². The van der Waals surface area contributed by atoms with E-state index in [-0.39, 0.29) is 0 Å². The maximum atomic E-state index is 12.5. The number of halogens is 3. The Labute approximate surface area is 112 Å². The van der Waals surface area contributed by atoms with E-state index < -0.39 is 45.2 Å². The first-order chi connectivity index (χ1) is 9.04. The molecular weight excluding hydrogens is 301 g/mol. The number of carbonyl (C=O) groups is 1. The number of hydrogen-bond donors (Lipinski definition) is 3. The third kappa shape index (κ3) is 4.18. The molecule has 0 saturated carbocycles. The van der Waals surface area contributed by atoms with Gasteiger partial charge in [0.1, 0.15) is 6.10 Å². The zero-order valence-corrected chi connectivity index (χ0v) is 10.7. The Morgan fingerprint density at radius 2 is 2.00 bits per heavy atom. The van der Waals surface area contributed by atoms with Gasteiger partial charge in [-0.2, -0.15) is 13.2 Å². The second-order valence-corrected chi connectivity index (χ2v) is 5.56. The van der Waals surface area contributed by atoms with Gasteiger partial charge >= 0.3 is 6.18 Å². The van der Waals surface area contributed by atoms with Crippen molar-refractivity contribution in [3.63, 3.8) is 0 Å². The Morgan fingerprint density at radius 3 is 2.50 bits per heavy atom. The highest BCUT2D eigenvalue weighted by atomic mass is 32.2. The van der Waals surface area contributed by atoms with Gasteiger partial charge < -0.3 is 10.8 Å². The van der Waals surface area contributed by atoms with Crippen molar-refractivity contribution in [1.82, 2.24) is 4.72 Å². The molecule has 0 spiro atoms. The lowest BCUT2D eigenvalue weighted by molar-refractivity contribution is -0.137. The Hall–Kier alpha value is -1.65. The van der Waals surface area contributed by atoms with Crippen molar-refractivity contribution in [1.29, 1.82) is 0 Å². The Bertz CT molecular complexity index is 601. The molecule has 1 aromatic rings. The zero-order valence-electron chi connectivity index (χ0n) is 9.89. The molecule has 0 bridgehead atoms. The summed E-state index contributed by atoms with van der Waals surface area (Å²) in [6, 6.07) is 3.05. The Kier molecular flexibility index (Phi) is 4.73. The molecule has 1 unspecified atom stereocenters. The summed E-state index contributed by atoms with van der Waals surface area (Å²) < 4.78 is 62.6. The number of alkyl halides is 3. The van der Waals surface area contributed by atoms with Crippen LogP contribution in [-0.2, 0) is 21.0 Å². The number of aliphatic hydroxyl groups is 1. The van der Waals surface area contributed by atoms with Gasteiger partial charge in [0.25, 0.3) is 0 Å². The molecule has 1 aromatic carbocycles. The van der Waals surface area contributed by atoms with Crippen LogP contribution >= 0.6 is 0 Å². The summed E-state index contributed by atoms with van der Waals surface area (Å²) in [4.78, 5) is 9.89. The van der Waals surface area contributed by atoms with E-state index in [1.54, 1.807) is 4.72 Å². The van der Waals surface area contributed by atoms with Gasteiger partial charge in [-0.25, -0.2) is 13.1 Å². The molecule has 0 aliphatic carbocycles. The lowest BCUT2D eigenvalue weighted by atomic mass is 10.2. The summed E-state index contributed by atoms with van der Waals surface area (Å²) in [6.07, 6.45) is -6.45. The predicted octanol–water partition coefficient (Wildman–Crippen LogP) is -0.170. The van der Waals surface area contributed by atoms with Gasteiger partial charge in [0.05, 0.1) is 10.5 Å². The predicted molar refractivity (Wildman–Crippen MR) is 61.8 cm³/mol. The van der Waals surface area contributed by atoms with Gasteiger partial charge in [-0.1, -0.05) is 6.07 Å². The molecule has 20 heavy (non-hydrogen) atoms. The summed E-state index contributed by atoms with van der Waals surface area (Å²) in [5, 5.41) is 9.04. The number of amides is 1. The van der Waals surface area contributed by atoms with E-state index >= 15 is 0 Å². The van der Waals surface area contributed by atoms with Crippen molar-refractivity contribution in [2.45, 2.75) is 17.2 Å². The van der Waals surface area contributed by atoms with Crippen molar-refractivity contribution < 1.29 is 31.5 Å². The van der Waals surface area contributed by atoms with E-state index in [1.807, 2.05) is 0 Å². The van der Waals surface area contributed by atoms with Crippen LogP contribution in [0.5, 0.6) is 0 Å². The van der Waals surface area contributed by atoms with Crippen molar-refractivity contribution in [2.24, 2.45) is 5.73 Å². The third-order valence-electron chi connectivity index (χ3n) is 2.27. The Morgan fingerprint density at radius 1 is 1.40 bits per heavy atom. The molecule has 4 N–H and O–H groups in total. The molecule has 0 aliphatic rings. The first kappa shape index (κ1) is 16.4. The third-order valence-corrected chi connectivity index (χ3v) is 3.69. The highest BCUT2D eigenvalue weighted by molar-refractivity contribution is 7.89. The Balaban J connectivity index is 2.96. The molecule has 10 heteroatoms. The smallest absolute Gasteiger partial charge is 0.382 e. The topological polar surface area (TPSA) is 109 Å². The van der Waals surface area contributed by atoms with E-state index in [0.29, 0.717) is 6.07 Å². The van der Waals surface area contributed by atoms with Crippen LogP contribution in [0.15, 0.2) is 29.2 Å². The fourth-order valence-electron chi connectivity index (χ4n) is 1.21. The number of sulfonamides is 1. The van der Waals surface area contributed by atoms with Gasteiger partial charge in [0, 0.05) is 6.54 Å². The second-order valence-electron chi connectivity index (χ2n) is 3.80. The summed E-state index contributed by atoms with van der Waals surface area (Å²) in [6.45, 7) is -0.728. The van der Waals surface area contributed by atoms with Crippen LogP contribution in [0.4, 0.5) is 13.2 Å². The van der Waals surface area contributed by atoms with E-state index in [0.717, 1.165) is 18.2 Å². The first-order valence-electron chi connectivity index (χ1n) is 5.18. The van der Waals surface area contributed by atoms with Crippen LogP contribution in [-0.4, -0.2) is 32.1 Å². The molecule has 0 aliphatic heterocycles. The minimum Gasteiger partial charge on any atom is -0.382 e. The molecule has 0 heterocycles. The largest absolute Gasteiger partial charge is 0.416 e. The van der Waals surface area contributed by atoms with Crippen molar-refractivity contribution in [3.05, 3.63) is 29.8 Å². The van der Waals surface area contributed by atoms with Crippen LogP contribution in [0.1, 0.15) is 5.56 Å². The van der Waals surface area contributed by atoms with Crippen LogP contribution in [0, 0.1) is 0 Å². The minimum atomic E-state index is -4.68. The molecule has 0 saturated heterocycles. The molecule has 6 nitrogen and oxygen atoms in total. The highest BCUT2D eigenvalue weighted by Gasteiger charge is 2.31. The number of hydrogen-bond acceptors (Lipinski definition) is 4. The van der Waals surface area contributed by atoms with Crippen LogP contribution in [0.3, 0.4) is 0 Å². The van der Waals surface area contributed by atoms with Gasteiger partial charge in [-0.3, -0.25) is 4.79 Å². The summed E-state index contributed by atoms with van der Waals surface area (Å²) in [5.41, 5.74) is 3.58. The molecule has 1 rings (SSSR count). The SMILES string of the molecule is NC(=O)C(O)CNS(=O)(=O)c1cccc(C(F)(F)F)c1. The standard InChI is InChI=1S/C10H11F3N2O4S/c11-10(12,13)6-2-1-3-7(4-6)20(18,19)15-5-8(16)9(14)17/h1-4,8,15-16H,5H2,(H2,14,17). The summed E-state index contributed by atoms with van der Waals surface area (Å²) >= 11 is 0. The van der Waals surface area contributed by atoms with E-state index in [9.17, 15) is 26.4 Å². The second kappa shape index (κ2) is 5.77. The molecule has 0 radical (unpaired) electrons. The summed E-state index contributed by atoms with van der Waals surface area (Å²) in [5.74, 6) is -1.16. The average Bonchev–Trinajstić information content (AvgIpc) is 2.35. The normalized spacial score (nSPS) is 14.0. The lowest BCUT2D eigenvalue weighted by Crippen LogP contribution is -2.39. The zero-order chi connectivity index (χ0) is 15.6. The number of nitrogens with two attached hydrogens (primary N) is 1. The lowest BCUT2D eigenvalue weighted by Gasteiger charge is -2.11. The molecule has 1 amide bonds. The van der Waals surface area contributed by atoms with Gasteiger partial charge in [-0.05, 0) is 18.2 Å². The summed E-state index contributed by atoms with van der Waals surface area (Å²) in [7, 11) is -4.29. The maximum Gasteiger partial charge on any atom is 0.416 e. The van der Waals surface area contributed by atoms with E-state index in [4.69, 9.17) is 10.8 Å². The molecule has 0 aromatic heterocycles. The van der Waals surface area contributed by atoms with Crippen LogP contribution in [0.2, 0.25) is 0 Å². The number of aliphatic hydroxyl groups excluding tert-OH is 1. The minimum absolute atomic E-state index is 0.443. The van der Waals surface area contributed by atoms with Gasteiger partial charge in [0.15, 0.2) is 0 Å². The number of rotatable bonds is 5. The van der Waals surface area contributed by atoms with E-state index in [1.165, 1.54) is 0 Å². The van der Waals surface area contributed by atoms with Crippen molar-refractivity contribution in [3.8, 4) is 0 Å². The number of primary amides is 1. The molecule has 0 fully saturated rings. The fourth-order valence-corrected chi connectivity index (χ4v) is 2.30. The number of nitrogens with one attached hydrogen (secondary N) is 1. The van der Waals surface area contributed by atoms with E-state index in [2.05, 4.69) is 0 Å². The molecular formula is C10H11F3N2O4S. The van der Waals surface area contributed by atoms with Crippen LogP contribution < -0.4 is 10.5 Å². The average molecular weight is 312 g/mol. The maximum absolute atomic E-state index is 12.5. The van der Waals surface area contributed by atoms with Gasteiger partial charge in [-0.15, -0.1) is 0 Å². The molecule has 1 atom stereocenters. The first-order valence-corrected chi connectivity index (χ1v) is 6.66.